The largest absolute Gasteiger partial charge is 0.389 e. The van der Waals surface area contributed by atoms with Crippen molar-refractivity contribution in [1.82, 2.24) is 15.3 Å². The van der Waals surface area contributed by atoms with Crippen molar-refractivity contribution in [3.8, 4) is 0 Å². The first-order chi connectivity index (χ1) is 8.74. The van der Waals surface area contributed by atoms with Gasteiger partial charge in [0.2, 0.25) is 0 Å². The molecule has 0 bridgehead atoms. The summed E-state index contributed by atoms with van der Waals surface area (Å²) in [5.41, 5.74) is 8.57. The smallest absolute Gasteiger partial charge is 0.329 e. The van der Waals surface area contributed by atoms with Gasteiger partial charge in [-0.25, -0.2) is 10.4 Å². The van der Waals surface area contributed by atoms with E-state index < -0.39 is 18.1 Å². The van der Waals surface area contributed by atoms with Crippen LogP contribution in [0.15, 0.2) is 0 Å². The molecule has 1 atom stereocenters. The molecule has 1 aliphatic heterocycles. The Labute approximate surface area is 113 Å². The van der Waals surface area contributed by atoms with E-state index in [1.807, 2.05) is 6.92 Å². The highest BCUT2D eigenvalue weighted by atomic mass is 19.4. The molecular weight excluding hydrogens is 257 g/mol. The fraction of sp³-hybridized carbons (Fsp3) is 1.00. The van der Waals surface area contributed by atoms with Gasteiger partial charge in [-0.2, -0.15) is 13.2 Å². The Morgan fingerprint density at radius 1 is 1.11 bits per heavy atom. The average molecular weight is 282 g/mol. The van der Waals surface area contributed by atoms with Crippen LogP contribution in [-0.2, 0) is 0 Å². The fourth-order valence-electron chi connectivity index (χ4n) is 2.18. The van der Waals surface area contributed by atoms with E-state index in [-0.39, 0.29) is 6.42 Å². The van der Waals surface area contributed by atoms with E-state index in [0.717, 1.165) is 26.2 Å². The zero-order valence-electron chi connectivity index (χ0n) is 11.8. The van der Waals surface area contributed by atoms with Gasteiger partial charge in [0.1, 0.15) is 0 Å². The van der Waals surface area contributed by atoms with Gasteiger partial charge in [0.15, 0.2) is 0 Å². The van der Waals surface area contributed by atoms with Gasteiger partial charge in [0.25, 0.3) is 0 Å². The standard InChI is InChI=1S/C12H25F3N4/c1-11(10-16,4-3-5-12(13,14)15)17-19-8-6-18(2)7-9-19/h17H,3-10,16H2,1-2H3. The molecule has 1 saturated heterocycles. The molecule has 1 heterocycles. The molecule has 1 fully saturated rings. The Bertz CT molecular complexity index is 264. The summed E-state index contributed by atoms with van der Waals surface area (Å²) in [6.07, 6.45) is -4.29. The van der Waals surface area contributed by atoms with Gasteiger partial charge in [-0.3, -0.25) is 0 Å². The van der Waals surface area contributed by atoms with Crippen LogP contribution in [0.3, 0.4) is 0 Å². The molecule has 0 amide bonds. The van der Waals surface area contributed by atoms with Crippen molar-refractivity contribution in [2.24, 2.45) is 5.73 Å². The van der Waals surface area contributed by atoms with Crippen molar-refractivity contribution < 1.29 is 13.2 Å². The molecule has 114 valence electrons. The first-order valence-corrected chi connectivity index (χ1v) is 6.72. The van der Waals surface area contributed by atoms with Crippen LogP contribution in [0.5, 0.6) is 0 Å². The second-order valence-electron chi connectivity index (χ2n) is 5.64. The lowest BCUT2D eigenvalue weighted by Gasteiger charge is -2.40. The van der Waals surface area contributed by atoms with Crippen LogP contribution in [0.1, 0.15) is 26.2 Å². The predicted molar refractivity (Wildman–Crippen MR) is 69.6 cm³/mol. The summed E-state index contributed by atoms with van der Waals surface area (Å²) < 4.78 is 36.5. The molecule has 0 spiro atoms. The molecule has 1 unspecified atom stereocenters. The highest BCUT2D eigenvalue weighted by molar-refractivity contribution is 4.84. The van der Waals surface area contributed by atoms with Gasteiger partial charge < -0.3 is 10.6 Å². The van der Waals surface area contributed by atoms with Crippen LogP contribution in [0.2, 0.25) is 0 Å². The summed E-state index contributed by atoms with van der Waals surface area (Å²) >= 11 is 0. The first-order valence-electron chi connectivity index (χ1n) is 6.72. The summed E-state index contributed by atoms with van der Waals surface area (Å²) in [5, 5.41) is 2.07. The molecular formula is C12H25F3N4. The molecule has 4 nitrogen and oxygen atoms in total. The quantitative estimate of drug-likeness (QED) is 0.768. The molecule has 19 heavy (non-hydrogen) atoms. The van der Waals surface area contributed by atoms with Gasteiger partial charge in [0.05, 0.1) is 0 Å². The second kappa shape index (κ2) is 6.88. The normalized spacial score (nSPS) is 22.4. The molecule has 3 N–H and O–H groups in total. The monoisotopic (exact) mass is 282 g/mol. The third-order valence-electron chi connectivity index (χ3n) is 3.57. The summed E-state index contributed by atoms with van der Waals surface area (Å²) in [5.74, 6) is 0. The minimum atomic E-state index is -4.08. The number of hydrogen-bond acceptors (Lipinski definition) is 4. The van der Waals surface area contributed by atoms with Crippen molar-refractivity contribution >= 4 is 0 Å². The maximum atomic E-state index is 12.2. The highest BCUT2D eigenvalue weighted by Crippen LogP contribution is 2.24. The third-order valence-corrected chi connectivity index (χ3v) is 3.57. The second-order valence-corrected chi connectivity index (χ2v) is 5.64. The molecule has 7 heteroatoms. The van der Waals surface area contributed by atoms with Crippen LogP contribution < -0.4 is 11.2 Å². The van der Waals surface area contributed by atoms with Crippen molar-refractivity contribution in [2.45, 2.75) is 37.9 Å². The molecule has 1 rings (SSSR count). The summed E-state index contributed by atoms with van der Waals surface area (Å²) in [6.45, 7) is 5.86. The lowest BCUT2D eigenvalue weighted by atomic mass is 9.95. The number of nitrogens with zero attached hydrogens (tertiary/aromatic N) is 2. The Morgan fingerprint density at radius 2 is 1.68 bits per heavy atom. The van der Waals surface area contributed by atoms with E-state index in [0.29, 0.717) is 13.0 Å². The number of likely N-dealkylation sites (N-methyl/N-ethyl adjacent to an activating group) is 1. The Hall–Kier alpha value is -0.370. The van der Waals surface area contributed by atoms with Crippen LogP contribution in [0.25, 0.3) is 0 Å². The third kappa shape index (κ3) is 6.56. The van der Waals surface area contributed by atoms with Crippen LogP contribution in [0.4, 0.5) is 13.2 Å². The van der Waals surface area contributed by atoms with Crippen LogP contribution in [-0.4, -0.2) is 61.4 Å². The van der Waals surface area contributed by atoms with Crippen molar-refractivity contribution in [1.29, 1.82) is 0 Å². The first kappa shape index (κ1) is 16.7. The Kier molecular flexibility index (Phi) is 6.04. The summed E-state index contributed by atoms with van der Waals surface area (Å²) in [6, 6.07) is 0. The number of alkyl halides is 3. The number of rotatable bonds is 6. The number of halogens is 3. The highest BCUT2D eigenvalue weighted by Gasteiger charge is 2.30. The number of nitrogens with two attached hydrogens (primary N) is 1. The SMILES string of the molecule is CN1CCN(NC(C)(CN)CCCC(F)(F)F)CC1. The maximum Gasteiger partial charge on any atom is 0.389 e. The zero-order valence-corrected chi connectivity index (χ0v) is 11.8. The van der Waals surface area contributed by atoms with Gasteiger partial charge in [0, 0.05) is 44.7 Å². The lowest BCUT2D eigenvalue weighted by molar-refractivity contribution is -0.136. The Balaban J connectivity index is 2.37. The number of hydrazine groups is 1. The van der Waals surface area contributed by atoms with E-state index in [1.54, 1.807) is 0 Å². The summed E-state index contributed by atoms with van der Waals surface area (Å²) in [7, 11) is 2.06. The minimum absolute atomic E-state index is 0.109. The predicted octanol–water partition coefficient (Wildman–Crippen LogP) is 1.19. The maximum absolute atomic E-state index is 12.2. The molecule has 0 aliphatic carbocycles. The fourth-order valence-corrected chi connectivity index (χ4v) is 2.18. The molecule has 0 radical (unpaired) electrons. The molecule has 0 aromatic heterocycles. The van der Waals surface area contributed by atoms with Crippen LogP contribution in [0, 0.1) is 0 Å². The molecule has 0 aromatic carbocycles. The van der Waals surface area contributed by atoms with Gasteiger partial charge in [-0.1, -0.05) is 0 Å². The average Bonchev–Trinajstić information content (AvgIpc) is 2.30. The number of hydrogen-bond donors (Lipinski definition) is 2. The van der Waals surface area contributed by atoms with Gasteiger partial charge in [-0.05, 0) is 26.8 Å². The van der Waals surface area contributed by atoms with E-state index in [2.05, 4.69) is 22.4 Å². The molecule has 1 aliphatic rings. The van der Waals surface area contributed by atoms with Crippen molar-refractivity contribution in [2.75, 3.05) is 39.8 Å². The number of piperazine rings is 1. The Morgan fingerprint density at radius 3 is 2.16 bits per heavy atom. The topological polar surface area (TPSA) is 44.5 Å². The van der Waals surface area contributed by atoms with E-state index in [4.69, 9.17) is 5.73 Å². The van der Waals surface area contributed by atoms with Crippen molar-refractivity contribution in [3.05, 3.63) is 0 Å². The number of nitrogens with one attached hydrogen (secondary N) is 1. The van der Waals surface area contributed by atoms with E-state index in [9.17, 15) is 13.2 Å². The van der Waals surface area contributed by atoms with Gasteiger partial charge >= 0.3 is 6.18 Å². The molecule has 0 saturated carbocycles. The van der Waals surface area contributed by atoms with E-state index in [1.165, 1.54) is 0 Å². The van der Waals surface area contributed by atoms with Crippen LogP contribution >= 0.6 is 0 Å². The van der Waals surface area contributed by atoms with E-state index >= 15 is 0 Å². The van der Waals surface area contributed by atoms with Crippen molar-refractivity contribution in [3.63, 3.8) is 0 Å². The van der Waals surface area contributed by atoms with Gasteiger partial charge in [-0.15, -0.1) is 0 Å². The molecule has 0 aromatic rings. The zero-order chi connectivity index (χ0) is 14.5. The minimum Gasteiger partial charge on any atom is -0.329 e. The summed E-state index contributed by atoms with van der Waals surface area (Å²) in [4.78, 5) is 2.22. The lowest BCUT2D eigenvalue weighted by Crippen LogP contribution is -2.60.